The topological polar surface area (TPSA) is 67.5 Å². The summed E-state index contributed by atoms with van der Waals surface area (Å²) >= 11 is 0. The number of rotatable bonds is 5. The fraction of sp³-hybridized carbons (Fsp3) is 0.333. The van der Waals surface area contributed by atoms with Crippen molar-refractivity contribution >= 4 is 5.91 Å². The lowest BCUT2D eigenvalue weighted by molar-refractivity contribution is 0.0941. The van der Waals surface area contributed by atoms with E-state index in [1.165, 1.54) is 12.1 Å². The van der Waals surface area contributed by atoms with Crippen molar-refractivity contribution in [3.8, 4) is 0 Å². The van der Waals surface area contributed by atoms with Crippen LogP contribution in [0.3, 0.4) is 0 Å². The summed E-state index contributed by atoms with van der Waals surface area (Å²) < 4.78 is 20.3. The van der Waals surface area contributed by atoms with Crippen molar-refractivity contribution in [3.63, 3.8) is 0 Å². The van der Waals surface area contributed by atoms with Crippen LogP contribution in [0.2, 0.25) is 0 Å². The summed E-state index contributed by atoms with van der Waals surface area (Å²) in [4.78, 5) is 28.1. The highest BCUT2D eigenvalue weighted by Crippen LogP contribution is 2.35. The molecule has 1 saturated heterocycles. The molecular weight excluding hydrogens is 397 g/mol. The van der Waals surface area contributed by atoms with Gasteiger partial charge in [-0.05, 0) is 54.3 Å². The van der Waals surface area contributed by atoms with Crippen molar-refractivity contribution in [1.29, 1.82) is 0 Å². The molecule has 0 saturated carbocycles. The maximum atomic E-state index is 13.1. The van der Waals surface area contributed by atoms with Crippen LogP contribution in [0.1, 0.15) is 39.7 Å². The van der Waals surface area contributed by atoms with Crippen LogP contribution in [0.5, 0.6) is 0 Å². The van der Waals surface area contributed by atoms with Gasteiger partial charge in [-0.15, -0.1) is 0 Å². The van der Waals surface area contributed by atoms with Crippen molar-refractivity contribution in [3.05, 3.63) is 93.5 Å². The van der Waals surface area contributed by atoms with Crippen LogP contribution in [-0.4, -0.2) is 28.5 Å². The molecular formula is C24H24FN3O3. The number of hydrogen-bond donors (Lipinski definition) is 1. The fourth-order valence-corrected chi connectivity index (χ4v) is 4.85. The summed E-state index contributed by atoms with van der Waals surface area (Å²) in [6.07, 6.45) is 2.75. The first-order valence-electron chi connectivity index (χ1n) is 10.6. The number of carbonyl (C=O) groups excluding carboxylic acids is 1. The lowest BCUT2D eigenvalue weighted by Gasteiger charge is -2.42. The highest BCUT2D eigenvalue weighted by Gasteiger charge is 2.35. The van der Waals surface area contributed by atoms with Gasteiger partial charge in [-0.25, -0.2) is 4.39 Å². The van der Waals surface area contributed by atoms with Gasteiger partial charge in [0.15, 0.2) is 0 Å². The van der Waals surface area contributed by atoms with Crippen molar-refractivity contribution < 1.29 is 13.6 Å². The van der Waals surface area contributed by atoms with Gasteiger partial charge < -0.3 is 14.3 Å². The van der Waals surface area contributed by atoms with Crippen LogP contribution >= 0.6 is 0 Å². The minimum Gasteiger partial charge on any atom is -0.468 e. The number of halogens is 1. The van der Waals surface area contributed by atoms with E-state index < -0.39 is 5.91 Å². The molecule has 1 amide bonds. The molecule has 1 aromatic carbocycles. The molecule has 2 aliphatic rings. The quantitative estimate of drug-likeness (QED) is 0.687. The largest absolute Gasteiger partial charge is 0.468 e. The summed E-state index contributed by atoms with van der Waals surface area (Å²) in [6.45, 7) is 3.41. The number of hydrogen-bond acceptors (Lipinski definition) is 4. The Morgan fingerprint density at radius 3 is 2.71 bits per heavy atom. The summed E-state index contributed by atoms with van der Waals surface area (Å²) in [6, 6.07) is 13.4. The molecule has 3 aromatic rings. The summed E-state index contributed by atoms with van der Waals surface area (Å²) in [5.41, 5.74) is 1.70. The number of benzene rings is 1. The minimum atomic E-state index is -0.403. The van der Waals surface area contributed by atoms with Gasteiger partial charge in [-0.2, -0.15) is 0 Å². The highest BCUT2D eigenvalue weighted by atomic mass is 19.1. The molecule has 2 aliphatic heterocycles. The Bertz CT molecular complexity index is 1140. The second-order valence-corrected chi connectivity index (χ2v) is 8.47. The van der Waals surface area contributed by atoms with Gasteiger partial charge in [-0.3, -0.25) is 14.5 Å². The maximum Gasteiger partial charge on any atom is 0.263 e. The number of aromatic nitrogens is 1. The first-order chi connectivity index (χ1) is 15.1. The van der Waals surface area contributed by atoms with Gasteiger partial charge in [0.1, 0.15) is 17.1 Å². The summed E-state index contributed by atoms with van der Waals surface area (Å²) in [5, 5.41) is 2.77. The van der Waals surface area contributed by atoms with Gasteiger partial charge in [-0.1, -0.05) is 12.1 Å². The molecule has 0 aliphatic carbocycles. The lowest BCUT2D eigenvalue weighted by atomic mass is 9.83. The zero-order valence-electron chi connectivity index (χ0n) is 17.1. The third-order valence-corrected chi connectivity index (χ3v) is 6.25. The van der Waals surface area contributed by atoms with E-state index in [1.54, 1.807) is 29.0 Å². The lowest BCUT2D eigenvalue weighted by Crippen LogP contribution is -2.47. The predicted octanol–water partition coefficient (Wildman–Crippen LogP) is 3.13. The van der Waals surface area contributed by atoms with Gasteiger partial charge in [0.25, 0.3) is 11.5 Å². The average molecular weight is 421 g/mol. The third kappa shape index (κ3) is 4.05. The van der Waals surface area contributed by atoms with E-state index >= 15 is 0 Å². The molecule has 2 atom stereocenters. The van der Waals surface area contributed by atoms with E-state index in [0.29, 0.717) is 12.5 Å². The smallest absolute Gasteiger partial charge is 0.263 e. The van der Waals surface area contributed by atoms with Crippen molar-refractivity contribution in [2.45, 2.75) is 32.0 Å². The van der Waals surface area contributed by atoms with E-state index in [4.69, 9.17) is 4.42 Å². The Labute approximate surface area is 179 Å². The number of nitrogens with one attached hydrogen (secondary N) is 1. The zero-order chi connectivity index (χ0) is 21.4. The summed E-state index contributed by atoms with van der Waals surface area (Å²) in [7, 11) is 0. The van der Waals surface area contributed by atoms with Crippen LogP contribution in [0.15, 0.2) is 64.0 Å². The monoisotopic (exact) mass is 421 g/mol. The number of carbonyl (C=O) groups is 1. The van der Waals surface area contributed by atoms with E-state index in [0.717, 1.165) is 43.1 Å². The molecule has 160 valence electrons. The molecule has 1 fully saturated rings. The summed E-state index contributed by atoms with van der Waals surface area (Å²) in [5.74, 6) is 0.865. The number of likely N-dealkylation sites (tertiary alicyclic amines) is 1. The van der Waals surface area contributed by atoms with Crippen molar-refractivity contribution in [2.24, 2.45) is 5.92 Å². The molecule has 1 N–H and O–H groups in total. The number of amides is 1. The molecule has 0 spiro atoms. The fourth-order valence-electron chi connectivity index (χ4n) is 4.85. The van der Waals surface area contributed by atoms with E-state index in [1.807, 2.05) is 18.2 Å². The second kappa shape index (κ2) is 8.15. The van der Waals surface area contributed by atoms with E-state index in [9.17, 15) is 14.0 Å². The average Bonchev–Trinajstić information content (AvgIpc) is 3.27. The molecule has 4 heterocycles. The molecule has 31 heavy (non-hydrogen) atoms. The van der Waals surface area contributed by atoms with E-state index in [-0.39, 0.29) is 29.4 Å². The Hall–Kier alpha value is -3.19. The first-order valence-corrected chi connectivity index (χ1v) is 10.6. The Morgan fingerprint density at radius 2 is 1.94 bits per heavy atom. The van der Waals surface area contributed by atoms with Gasteiger partial charge >= 0.3 is 0 Å². The number of piperidine rings is 1. The predicted molar refractivity (Wildman–Crippen MR) is 113 cm³/mol. The molecule has 7 heteroatoms. The maximum absolute atomic E-state index is 13.1. The minimum absolute atomic E-state index is 0.151. The Kier molecular flexibility index (Phi) is 5.19. The normalized spacial score (nSPS) is 20.3. The van der Waals surface area contributed by atoms with Crippen LogP contribution in [0, 0.1) is 11.7 Å². The standard InChI is InChI=1S/C24H24FN3O3/c25-19-5-3-16(4-6-19)11-26-23(29)21-7-8-22-18-10-17(13-28(22)24(21)30)12-27(14-18)15-20-2-1-9-31-20/h1-9,17-18H,10-15H2,(H,26,29)/t17-,18+/m0/s1. The molecule has 2 bridgehead atoms. The SMILES string of the molecule is O=C(NCc1ccc(F)cc1)c1ccc2n(c1=O)C[C@H]1C[C@@H]2CN(Cc2ccco2)C1. The third-order valence-electron chi connectivity index (χ3n) is 6.25. The van der Waals surface area contributed by atoms with Crippen molar-refractivity contribution in [2.75, 3.05) is 13.1 Å². The zero-order valence-corrected chi connectivity index (χ0v) is 17.1. The molecule has 2 aromatic heterocycles. The van der Waals surface area contributed by atoms with Gasteiger partial charge in [0.2, 0.25) is 0 Å². The Morgan fingerprint density at radius 1 is 1.10 bits per heavy atom. The number of pyridine rings is 1. The van der Waals surface area contributed by atoms with Crippen LogP contribution in [0.4, 0.5) is 4.39 Å². The van der Waals surface area contributed by atoms with Gasteiger partial charge in [0, 0.05) is 37.8 Å². The molecule has 6 nitrogen and oxygen atoms in total. The van der Waals surface area contributed by atoms with Crippen molar-refractivity contribution in [1.82, 2.24) is 14.8 Å². The van der Waals surface area contributed by atoms with Gasteiger partial charge in [0.05, 0.1) is 12.8 Å². The number of furan rings is 1. The molecule has 0 unspecified atom stereocenters. The van der Waals surface area contributed by atoms with Crippen LogP contribution in [0.25, 0.3) is 0 Å². The Balaban J connectivity index is 1.31. The second-order valence-electron chi connectivity index (χ2n) is 8.47. The molecule has 5 rings (SSSR count). The highest BCUT2D eigenvalue weighted by molar-refractivity contribution is 5.93. The van der Waals surface area contributed by atoms with E-state index in [2.05, 4.69) is 10.2 Å². The van der Waals surface area contributed by atoms with Crippen LogP contribution in [-0.2, 0) is 19.6 Å². The number of fused-ring (bicyclic) bond motifs is 4. The number of nitrogens with zero attached hydrogens (tertiary/aromatic N) is 2. The first kappa shape index (κ1) is 19.8. The van der Waals surface area contributed by atoms with Crippen LogP contribution < -0.4 is 10.9 Å². The molecule has 0 radical (unpaired) electrons.